The first kappa shape index (κ1) is 10.5. The fraction of sp³-hybridized carbons (Fsp3) is 0.250. The summed E-state index contributed by atoms with van der Waals surface area (Å²) < 4.78 is 5.56. The molecule has 4 heteroatoms. The molecule has 4 nitrogen and oxygen atoms in total. The van der Waals surface area contributed by atoms with Crippen molar-refractivity contribution in [1.82, 2.24) is 10.2 Å². The van der Waals surface area contributed by atoms with Crippen molar-refractivity contribution in [3.63, 3.8) is 0 Å². The van der Waals surface area contributed by atoms with Crippen molar-refractivity contribution >= 4 is 5.82 Å². The van der Waals surface area contributed by atoms with Crippen molar-refractivity contribution in [3.05, 3.63) is 30.3 Å². The van der Waals surface area contributed by atoms with E-state index in [0.29, 0.717) is 5.82 Å². The first-order chi connectivity index (χ1) is 7.79. The third kappa shape index (κ3) is 2.34. The molecule has 0 bridgehead atoms. The number of aromatic nitrogens is 2. The lowest BCUT2D eigenvalue weighted by molar-refractivity contribution is 0.317. The minimum atomic E-state index is 0.495. The Morgan fingerprint density at radius 1 is 1.38 bits per heavy atom. The topological polar surface area (TPSA) is 63.9 Å². The Morgan fingerprint density at radius 2 is 2.25 bits per heavy atom. The Bertz CT molecular complexity index is 465. The van der Waals surface area contributed by atoms with Gasteiger partial charge in [0.1, 0.15) is 11.6 Å². The van der Waals surface area contributed by atoms with Gasteiger partial charge in [0.25, 0.3) is 0 Å². The molecule has 1 aromatic heterocycles. The van der Waals surface area contributed by atoms with Gasteiger partial charge in [0.05, 0.1) is 12.3 Å². The summed E-state index contributed by atoms with van der Waals surface area (Å²) in [6, 6.07) is 9.67. The fourth-order valence-corrected chi connectivity index (χ4v) is 1.46. The molecule has 0 aliphatic carbocycles. The van der Waals surface area contributed by atoms with Crippen LogP contribution in [0.1, 0.15) is 13.3 Å². The molecule has 0 atom stereocenters. The minimum Gasteiger partial charge on any atom is -0.494 e. The summed E-state index contributed by atoms with van der Waals surface area (Å²) in [4.78, 5) is 0. The molecule has 0 unspecified atom stereocenters. The molecule has 84 valence electrons. The number of H-pyrrole nitrogens is 1. The summed E-state index contributed by atoms with van der Waals surface area (Å²) in [6.07, 6.45) is 1.00. The molecule has 0 fully saturated rings. The van der Waals surface area contributed by atoms with Crippen LogP contribution in [0, 0.1) is 0 Å². The van der Waals surface area contributed by atoms with Crippen LogP contribution < -0.4 is 10.5 Å². The van der Waals surface area contributed by atoms with Gasteiger partial charge in [-0.15, -0.1) is 0 Å². The monoisotopic (exact) mass is 217 g/mol. The van der Waals surface area contributed by atoms with E-state index < -0.39 is 0 Å². The number of ether oxygens (including phenoxy) is 1. The van der Waals surface area contributed by atoms with E-state index in [1.54, 1.807) is 6.07 Å². The van der Waals surface area contributed by atoms with Crippen LogP contribution in [-0.2, 0) is 0 Å². The lowest BCUT2D eigenvalue weighted by atomic mass is 10.1. The highest BCUT2D eigenvalue weighted by Gasteiger charge is 2.02. The number of hydrogen-bond donors (Lipinski definition) is 2. The van der Waals surface area contributed by atoms with Gasteiger partial charge in [0.15, 0.2) is 0 Å². The highest BCUT2D eigenvalue weighted by molar-refractivity contribution is 5.63. The number of aromatic amines is 1. The molecule has 0 spiro atoms. The van der Waals surface area contributed by atoms with Crippen LogP contribution in [-0.4, -0.2) is 16.8 Å². The Labute approximate surface area is 94.4 Å². The Balaban J connectivity index is 2.22. The summed E-state index contributed by atoms with van der Waals surface area (Å²) in [5.41, 5.74) is 7.49. The average Bonchev–Trinajstić information content (AvgIpc) is 2.74. The lowest BCUT2D eigenvalue weighted by Gasteiger charge is -2.05. The summed E-state index contributed by atoms with van der Waals surface area (Å²) >= 11 is 0. The number of anilines is 1. The van der Waals surface area contributed by atoms with Crippen molar-refractivity contribution in [2.75, 3.05) is 12.3 Å². The van der Waals surface area contributed by atoms with Crippen LogP contribution in [0.25, 0.3) is 11.3 Å². The largest absolute Gasteiger partial charge is 0.494 e. The van der Waals surface area contributed by atoms with Gasteiger partial charge in [0, 0.05) is 11.6 Å². The number of nitrogens with zero attached hydrogens (tertiary/aromatic N) is 1. The van der Waals surface area contributed by atoms with Gasteiger partial charge < -0.3 is 10.5 Å². The maximum Gasteiger partial charge on any atom is 0.145 e. The smallest absolute Gasteiger partial charge is 0.145 e. The average molecular weight is 217 g/mol. The fourth-order valence-electron chi connectivity index (χ4n) is 1.46. The van der Waals surface area contributed by atoms with Gasteiger partial charge in [0.2, 0.25) is 0 Å². The van der Waals surface area contributed by atoms with E-state index in [2.05, 4.69) is 17.1 Å². The molecule has 0 amide bonds. The summed E-state index contributed by atoms with van der Waals surface area (Å²) in [5, 5.41) is 6.77. The van der Waals surface area contributed by atoms with Crippen molar-refractivity contribution in [2.24, 2.45) is 0 Å². The second-order valence-electron chi connectivity index (χ2n) is 3.58. The summed E-state index contributed by atoms with van der Waals surface area (Å²) in [7, 11) is 0. The predicted octanol–water partition coefficient (Wildman–Crippen LogP) is 2.45. The predicted molar refractivity (Wildman–Crippen MR) is 64.2 cm³/mol. The first-order valence-corrected chi connectivity index (χ1v) is 5.33. The van der Waals surface area contributed by atoms with E-state index in [4.69, 9.17) is 10.5 Å². The van der Waals surface area contributed by atoms with E-state index in [-0.39, 0.29) is 0 Å². The molecule has 16 heavy (non-hydrogen) atoms. The molecule has 0 saturated carbocycles. The maximum atomic E-state index is 5.56. The van der Waals surface area contributed by atoms with E-state index in [1.165, 1.54) is 0 Å². The molecule has 1 aromatic carbocycles. The minimum absolute atomic E-state index is 0.495. The number of nitrogens with two attached hydrogens (primary N) is 1. The molecular weight excluding hydrogens is 202 g/mol. The van der Waals surface area contributed by atoms with Crippen molar-refractivity contribution in [1.29, 1.82) is 0 Å². The van der Waals surface area contributed by atoms with Gasteiger partial charge in [-0.25, -0.2) is 0 Å². The van der Waals surface area contributed by atoms with E-state index in [0.717, 1.165) is 30.0 Å². The highest BCUT2D eigenvalue weighted by Crippen LogP contribution is 2.23. The lowest BCUT2D eigenvalue weighted by Crippen LogP contribution is -1.94. The van der Waals surface area contributed by atoms with Gasteiger partial charge in [-0.2, -0.15) is 5.10 Å². The number of nitrogens with one attached hydrogen (secondary N) is 1. The maximum absolute atomic E-state index is 5.56. The van der Waals surface area contributed by atoms with Crippen molar-refractivity contribution < 1.29 is 4.74 Å². The normalized spacial score (nSPS) is 10.3. The Hall–Kier alpha value is -1.97. The molecule has 0 radical (unpaired) electrons. The van der Waals surface area contributed by atoms with Crippen molar-refractivity contribution in [3.8, 4) is 17.0 Å². The number of rotatable bonds is 4. The molecular formula is C12H15N3O. The molecule has 1 heterocycles. The molecule has 0 aliphatic heterocycles. The quantitative estimate of drug-likeness (QED) is 0.826. The van der Waals surface area contributed by atoms with E-state index in [9.17, 15) is 0 Å². The zero-order valence-corrected chi connectivity index (χ0v) is 9.23. The molecule has 0 aliphatic rings. The number of benzene rings is 1. The van der Waals surface area contributed by atoms with Crippen LogP contribution in [0.4, 0.5) is 5.82 Å². The van der Waals surface area contributed by atoms with Crippen LogP contribution in [0.15, 0.2) is 30.3 Å². The van der Waals surface area contributed by atoms with E-state index in [1.807, 2.05) is 24.3 Å². The zero-order valence-electron chi connectivity index (χ0n) is 9.23. The van der Waals surface area contributed by atoms with Crippen molar-refractivity contribution in [2.45, 2.75) is 13.3 Å². The molecule has 2 aromatic rings. The van der Waals surface area contributed by atoms with Crippen LogP contribution in [0.2, 0.25) is 0 Å². The summed E-state index contributed by atoms with van der Waals surface area (Å²) in [6.45, 7) is 2.81. The first-order valence-electron chi connectivity index (χ1n) is 5.33. The molecule has 2 rings (SSSR count). The summed E-state index contributed by atoms with van der Waals surface area (Å²) in [5.74, 6) is 1.36. The second kappa shape index (κ2) is 4.70. The number of nitrogen functional groups attached to an aromatic ring is 1. The number of hydrogen-bond acceptors (Lipinski definition) is 3. The second-order valence-corrected chi connectivity index (χ2v) is 3.58. The standard InChI is InChI=1S/C12H15N3O/c1-2-6-16-10-5-3-4-9(7-10)11-8-12(13)15-14-11/h3-5,7-8H,2,6H2,1H3,(H3,13,14,15). The SMILES string of the molecule is CCCOc1cccc(-c2cc(N)n[nH]2)c1. The van der Waals surface area contributed by atoms with Crippen LogP contribution in [0.5, 0.6) is 5.75 Å². The van der Waals surface area contributed by atoms with Crippen LogP contribution >= 0.6 is 0 Å². The third-order valence-corrected chi connectivity index (χ3v) is 2.22. The zero-order chi connectivity index (χ0) is 11.4. The Kier molecular flexibility index (Phi) is 3.10. The van der Waals surface area contributed by atoms with Gasteiger partial charge in [-0.1, -0.05) is 19.1 Å². The highest BCUT2D eigenvalue weighted by atomic mass is 16.5. The van der Waals surface area contributed by atoms with Gasteiger partial charge >= 0.3 is 0 Å². The van der Waals surface area contributed by atoms with Gasteiger partial charge in [-0.05, 0) is 18.6 Å². The molecule has 0 saturated heterocycles. The molecule has 3 N–H and O–H groups in total. The van der Waals surface area contributed by atoms with Gasteiger partial charge in [-0.3, -0.25) is 5.10 Å². The third-order valence-electron chi connectivity index (χ3n) is 2.22. The van der Waals surface area contributed by atoms with Crippen LogP contribution in [0.3, 0.4) is 0 Å². The van der Waals surface area contributed by atoms with E-state index >= 15 is 0 Å². The Morgan fingerprint density at radius 3 is 2.94 bits per heavy atom.